The Balaban J connectivity index is 2.42. The summed E-state index contributed by atoms with van der Waals surface area (Å²) in [6.45, 7) is 4.19. The molecule has 1 aliphatic rings. The number of benzene rings is 1. The van der Waals surface area contributed by atoms with Crippen LogP contribution in [0.5, 0.6) is 5.75 Å². The third kappa shape index (κ3) is 2.45. The lowest BCUT2D eigenvalue weighted by molar-refractivity contribution is -0.117. The largest absolute Gasteiger partial charge is 0.495 e. The second kappa shape index (κ2) is 5.14. The lowest BCUT2D eigenvalue weighted by Crippen LogP contribution is -2.25. The van der Waals surface area contributed by atoms with E-state index < -0.39 is 5.97 Å². The number of amides is 1. The molecule has 0 spiro atoms. The number of carboxylic acids is 1. The molecule has 0 saturated carbocycles. The normalized spacial score (nSPS) is 18.5. The Labute approximate surface area is 111 Å². The molecule has 0 aromatic heterocycles. The number of ether oxygens (including phenoxy) is 1. The SMILES string of the molecule is C=CC1CC(=O)N(c2cc(C(=O)O)ccc2OC)C1. The van der Waals surface area contributed by atoms with Crippen molar-refractivity contribution >= 4 is 17.6 Å². The number of aromatic carboxylic acids is 1. The lowest BCUT2D eigenvalue weighted by Gasteiger charge is -2.19. The fourth-order valence-corrected chi connectivity index (χ4v) is 2.16. The molecule has 5 nitrogen and oxygen atoms in total. The maximum Gasteiger partial charge on any atom is 0.335 e. The quantitative estimate of drug-likeness (QED) is 0.841. The summed E-state index contributed by atoms with van der Waals surface area (Å²) in [5.41, 5.74) is 0.627. The summed E-state index contributed by atoms with van der Waals surface area (Å²) in [6.07, 6.45) is 2.13. The van der Waals surface area contributed by atoms with Crippen LogP contribution >= 0.6 is 0 Å². The maximum absolute atomic E-state index is 12.0. The number of nitrogens with zero attached hydrogens (tertiary/aromatic N) is 1. The van der Waals surface area contributed by atoms with Gasteiger partial charge in [-0.05, 0) is 18.2 Å². The molecule has 1 heterocycles. The van der Waals surface area contributed by atoms with Crippen LogP contribution in [0.3, 0.4) is 0 Å². The third-order valence-corrected chi connectivity index (χ3v) is 3.20. The number of hydrogen-bond donors (Lipinski definition) is 1. The van der Waals surface area contributed by atoms with E-state index in [4.69, 9.17) is 9.84 Å². The summed E-state index contributed by atoms with van der Waals surface area (Å²) in [7, 11) is 1.49. The van der Waals surface area contributed by atoms with Gasteiger partial charge in [0.05, 0.1) is 18.4 Å². The molecule has 1 amide bonds. The maximum atomic E-state index is 12.0. The molecule has 100 valence electrons. The summed E-state index contributed by atoms with van der Waals surface area (Å²) in [4.78, 5) is 24.5. The molecule has 1 atom stereocenters. The number of carboxylic acid groups (broad SMARTS) is 1. The molecule has 1 aromatic carbocycles. The minimum atomic E-state index is -1.03. The highest BCUT2D eigenvalue weighted by Gasteiger charge is 2.30. The predicted octanol–water partition coefficient (Wildman–Crippen LogP) is 1.93. The molecule has 0 aliphatic carbocycles. The molecule has 5 heteroatoms. The molecule has 1 aliphatic heterocycles. The molecule has 1 saturated heterocycles. The van der Waals surface area contributed by atoms with E-state index in [1.54, 1.807) is 17.0 Å². The lowest BCUT2D eigenvalue weighted by atomic mass is 10.1. The van der Waals surface area contributed by atoms with Crippen LogP contribution < -0.4 is 9.64 Å². The van der Waals surface area contributed by atoms with Crippen LogP contribution in [0.2, 0.25) is 0 Å². The van der Waals surface area contributed by atoms with E-state index in [1.807, 2.05) is 0 Å². The predicted molar refractivity (Wildman–Crippen MR) is 70.6 cm³/mol. The molecular formula is C14H15NO4. The van der Waals surface area contributed by atoms with E-state index in [1.165, 1.54) is 19.2 Å². The average Bonchev–Trinajstić information content (AvgIpc) is 2.79. The van der Waals surface area contributed by atoms with Crippen molar-refractivity contribution < 1.29 is 19.4 Å². The minimum Gasteiger partial charge on any atom is -0.495 e. The Kier molecular flexibility index (Phi) is 3.55. The summed E-state index contributed by atoms with van der Waals surface area (Å²) in [6, 6.07) is 4.48. The number of carbonyl (C=O) groups excluding carboxylic acids is 1. The van der Waals surface area contributed by atoms with Gasteiger partial charge < -0.3 is 14.7 Å². The molecular weight excluding hydrogens is 246 g/mol. The van der Waals surface area contributed by atoms with Crippen molar-refractivity contribution in [1.82, 2.24) is 0 Å². The summed E-state index contributed by atoms with van der Waals surface area (Å²) in [5.74, 6) is -0.504. The Morgan fingerprint density at radius 2 is 2.32 bits per heavy atom. The van der Waals surface area contributed by atoms with Gasteiger partial charge >= 0.3 is 5.97 Å². The molecule has 1 N–H and O–H groups in total. The van der Waals surface area contributed by atoms with E-state index in [0.29, 0.717) is 24.4 Å². The van der Waals surface area contributed by atoms with Crippen molar-refractivity contribution in [1.29, 1.82) is 0 Å². The average molecular weight is 261 g/mol. The fourth-order valence-electron chi connectivity index (χ4n) is 2.16. The Morgan fingerprint density at radius 1 is 1.58 bits per heavy atom. The van der Waals surface area contributed by atoms with Crippen LogP contribution in [0.4, 0.5) is 5.69 Å². The molecule has 0 bridgehead atoms. The first-order valence-electron chi connectivity index (χ1n) is 5.91. The third-order valence-electron chi connectivity index (χ3n) is 3.20. The van der Waals surface area contributed by atoms with Crippen LogP contribution in [0.25, 0.3) is 0 Å². The number of rotatable bonds is 4. The van der Waals surface area contributed by atoms with Crippen LogP contribution in [-0.2, 0) is 4.79 Å². The topological polar surface area (TPSA) is 66.8 Å². The second-order valence-corrected chi connectivity index (χ2v) is 4.40. The first kappa shape index (κ1) is 13.1. The van der Waals surface area contributed by atoms with E-state index in [0.717, 1.165) is 0 Å². The van der Waals surface area contributed by atoms with Gasteiger partial charge in [0, 0.05) is 18.9 Å². The van der Waals surface area contributed by atoms with E-state index in [9.17, 15) is 9.59 Å². The summed E-state index contributed by atoms with van der Waals surface area (Å²) in [5, 5.41) is 9.02. The Bertz CT molecular complexity index is 538. The van der Waals surface area contributed by atoms with Gasteiger partial charge in [0.25, 0.3) is 0 Å². The first-order valence-corrected chi connectivity index (χ1v) is 5.91. The van der Waals surface area contributed by atoms with Crippen LogP contribution in [-0.4, -0.2) is 30.6 Å². The zero-order chi connectivity index (χ0) is 14.0. The molecule has 1 unspecified atom stereocenters. The van der Waals surface area contributed by atoms with Gasteiger partial charge in [-0.15, -0.1) is 6.58 Å². The van der Waals surface area contributed by atoms with Crippen molar-refractivity contribution in [2.75, 3.05) is 18.6 Å². The van der Waals surface area contributed by atoms with Crippen LogP contribution in [0, 0.1) is 5.92 Å². The van der Waals surface area contributed by atoms with Gasteiger partial charge in [0.1, 0.15) is 5.75 Å². The van der Waals surface area contributed by atoms with Gasteiger partial charge in [-0.25, -0.2) is 4.79 Å². The Hall–Kier alpha value is -2.30. The second-order valence-electron chi connectivity index (χ2n) is 4.40. The van der Waals surface area contributed by atoms with Crippen LogP contribution in [0.15, 0.2) is 30.9 Å². The van der Waals surface area contributed by atoms with Crippen LogP contribution in [0.1, 0.15) is 16.8 Å². The monoisotopic (exact) mass is 261 g/mol. The number of hydrogen-bond acceptors (Lipinski definition) is 3. The first-order chi connectivity index (χ1) is 9.06. The van der Waals surface area contributed by atoms with Crippen molar-refractivity contribution in [3.63, 3.8) is 0 Å². The van der Waals surface area contributed by atoms with E-state index >= 15 is 0 Å². The summed E-state index contributed by atoms with van der Waals surface area (Å²) < 4.78 is 5.20. The molecule has 0 radical (unpaired) electrons. The van der Waals surface area contributed by atoms with Crippen molar-refractivity contribution in [2.45, 2.75) is 6.42 Å². The smallest absolute Gasteiger partial charge is 0.335 e. The van der Waals surface area contributed by atoms with E-state index in [2.05, 4.69) is 6.58 Å². The zero-order valence-corrected chi connectivity index (χ0v) is 10.6. The van der Waals surface area contributed by atoms with Gasteiger partial charge in [-0.1, -0.05) is 6.08 Å². The van der Waals surface area contributed by atoms with Crippen molar-refractivity contribution in [2.24, 2.45) is 5.92 Å². The zero-order valence-electron chi connectivity index (χ0n) is 10.6. The number of carbonyl (C=O) groups is 2. The summed E-state index contributed by atoms with van der Waals surface area (Å²) >= 11 is 0. The van der Waals surface area contributed by atoms with E-state index in [-0.39, 0.29) is 17.4 Å². The minimum absolute atomic E-state index is 0.0502. The molecule has 19 heavy (non-hydrogen) atoms. The van der Waals surface area contributed by atoms with Crippen molar-refractivity contribution in [3.8, 4) is 5.75 Å². The van der Waals surface area contributed by atoms with Crippen molar-refractivity contribution in [3.05, 3.63) is 36.4 Å². The Morgan fingerprint density at radius 3 is 2.84 bits per heavy atom. The fraction of sp³-hybridized carbons (Fsp3) is 0.286. The molecule has 1 aromatic rings. The molecule has 2 rings (SSSR count). The number of anilines is 1. The van der Waals surface area contributed by atoms with Gasteiger partial charge in [-0.2, -0.15) is 0 Å². The number of methoxy groups -OCH3 is 1. The standard InChI is InChI=1S/C14H15NO4/c1-3-9-6-13(16)15(8-9)11-7-10(14(17)18)4-5-12(11)19-2/h3-5,7,9H,1,6,8H2,2H3,(H,17,18). The van der Waals surface area contributed by atoms with Gasteiger partial charge in [0.2, 0.25) is 5.91 Å². The van der Waals surface area contributed by atoms with Gasteiger partial charge in [-0.3, -0.25) is 4.79 Å². The molecule has 1 fully saturated rings. The highest BCUT2D eigenvalue weighted by atomic mass is 16.5. The highest BCUT2D eigenvalue weighted by molar-refractivity contribution is 5.99. The van der Waals surface area contributed by atoms with Gasteiger partial charge in [0.15, 0.2) is 0 Å². The highest BCUT2D eigenvalue weighted by Crippen LogP contribution is 2.34.